The van der Waals surface area contributed by atoms with Crippen LogP contribution >= 0.6 is 0 Å². The number of ether oxygens (including phenoxy) is 3. The normalized spacial score (nSPS) is 22.2. The molecule has 1 heterocycles. The number of amidine groups is 1. The third-order valence-electron chi connectivity index (χ3n) is 6.61. The van der Waals surface area contributed by atoms with Crippen LogP contribution in [0.15, 0.2) is 59.6 Å². The predicted octanol–water partition coefficient (Wildman–Crippen LogP) is 3.66. The minimum absolute atomic E-state index is 0.0208. The molecule has 0 fully saturated rings. The summed E-state index contributed by atoms with van der Waals surface area (Å²) in [7, 11) is -4.67. The number of alkyl carbamates (subject to hydrolysis) is 1. The van der Waals surface area contributed by atoms with Crippen LogP contribution in [0.4, 0.5) is 9.18 Å². The Hall–Kier alpha value is -3.35. The number of amides is 1. The Labute approximate surface area is 239 Å². The topological polar surface area (TPSA) is 141 Å². The molecule has 224 valence electrons. The summed E-state index contributed by atoms with van der Waals surface area (Å²) in [6, 6.07) is 14.2. The van der Waals surface area contributed by atoms with Gasteiger partial charge in [-0.05, 0) is 53.2 Å². The molecule has 2 N–H and O–H groups in total. The lowest BCUT2D eigenvalue weighted by Crippen LogP contribution is -2.67. The molecule has 0 saturated carbocycles. The number of esters is 1. The summed E-state index contributed by atoms with van der Waals surface area (Å²) in [6.45, 7) is 8.17. The molecule has 12 heteroatoms. The van der Waals surface area contributed by atoms with E-state index in [1.807, 2.05) is 6.07 Å². The van der Waals surface area contributed by atoms with Crippen LogP contribution in [0.2, 0.25) is 0 Å². The van der Waals surface area contributed by atoms with Crippen molar-refractivity contribution in [2.24, 2.45) is 4.99 Å². The number of rotatable bonds is 8. The maximum absolute atomic E-state index is 15.6. The van der Waals surface area contributed by atoms with Gasteiger partial charge in [-0.1, -0.05) is 48.5 Å². The molecule has 3 atom stereocenters. The maximum Gasteiger partial charge on any atom is 0.413 e. The Morgan fingerprint density at radius 3 is 2.29 bits per heavy atom. The van der Waals surface area contributed by atoms with E-state index in [0.717, 1.165) is 11.6 Å². The van der Waals surface area contributed by atoms with Gasteiger partial charge in [0.2, 0.25) is 0 Å². The number of benzene rings is 2. The van der Waals surface area contributed by atoms with Crippen LogP contribution in [0.5, 0.6) is 0 Å². The zero-order valence-electron chi connectivity index (χ0n) is 24.0. The van der Waals surface area contributed by atoms with Crippen LogP contribution in [0.25, 0.3) is 0 Å². The summed E-state index contributed by atoms with van der Waals surface area (Å²) < 4.78 is 58.6. The van der Waals surface area contributed by atoms with E-state index in [2.05, 4.69) is 10.3 Å². The van der Waals surface area contributed by atoms with Crippen molar-refractivity contribution in [3.63, 3.8) is 0 Å². The number of nitrogens with zero attached hydrogens (tertiary/aromatic N) is 1. The van der Waals surface area contributed by atoms with Gasteiger partial charge in [0.25, 0.3) is 0 Å². The molecule has 1 aliphatic rings. The third kappa shape index (κ3) is 6.77. The lowest BCUT2D eigenvalue weighted by atomic mass is 9.83. The highest BCUT2D eigenvalue weighted by Crippen LogP contribution is 2.46. The summed E-state index contributed by atoms with van der Waals surface area (Å²) in [6.07, 6.45) is -3.26. The van der Waals surface area contributed by atoms with Gasteiger partial charge in [0.05, 0.1) is 19.8 Å². The van der Waals surface area contributed by atoms with Crippen LogP contribution in [0.1, 0.15) is 52.7 Å². The van der Waals surface area contributed by atoms with E-state index in [4.69, 9.17) is 14.2 Å². The second-order valence-corrected chi connectivity index (χ2v) is 13.8. The highest BCUT2D eigenvalue weighted by Gasteiger charge is 2.64. The van der Waals surface area contributed by atoms with Crippen LogP contribution in [-0.4, -0.2) is 66.3 Å². The molecule has 0 spiro atoms. The molecule has 2 aromatic carbocycles. The number of sulfone groups is 1. The van der Waals surface area contributed by atoms with Crippen molar-refractivity contribution >= 4 is 27.7 Å². The fourth-order valence-corrected chi connectivity index (χ4v) is 6.80. The molecule has 3 rings (SSSR count). The van der Waals surface area contributed by atoms with E-state index in [1.54, 1.807) is 45.0 Å². The second-order valence-electron chi connectivity index (χ2n) is 11.1. The average Bonchev–Trinajstić information content (AvgIpc) is 2.87. The summed E-state index contributed by atoms with van der Waals surface area (Å²) in [4.78, 5) is 30.3. The van der Waals surface area contributed by atoms with Crippen LogP contribution in [0.3, 0.4) is 0 Å². The van der Waals surface area contributed by atoms with Crippen LogP contribution in [0, 0.1) is 5.82 Å². The van der Waals surface area contributed by atoms with Gasteiger partial charge in [-0.2, -0.15) is 0 Å². The van der Waals surface area contributed by atoms with Gasteiger partial charge >= 0.3 is 12.1 Å². The number of nitrogens with one attached hydrogen (secondary N) is 1. The molecule has 0 bridgehead atoms. The molecule has 1 amide bonds. The molecule has 41 heavy (non-hydrogen) atoms. The number of hydrogen-bond donors (Lipinski definition) is 2. The quantitative estimate of drug-likeness (QED) is 0.443. The number of aliphatic hydroxyl groups excluding tert-OH is 1. The first kappa shape index (κ1) is 32.2. The van der Waals surface area contributed by atoms with Gasteiger partial charge in [0.15, 0.2) is 15.9 Å². The third-order valence-corrected chi connectivity index (χ3v) is 9.54. The number of carbonyl (C=O) groups excluding carboxylic acids is 2. The van der Waals surface area contributed by atoms with Gasteiger partial charge in [0, 0.05) is 5.56 Å². The minimum Gasteiger partial charge on any atom is -0.464 e. The van der Waals surface area contributed by atoms with Gasteiger partial charge < -0.3 is 19.3 Å². The highest BCUT2D eigenvalue weighted by atomic mass is 32.2. The van der Waals surface area contributed by atoms with Crippen molar-refractivity contribution in [2.45, 2.75) is 75.4 Å². The standard InChI is InChI=1S/C29H37FN2O8S/c1-7-39-24(34)22(33)23-29(20-15-11-12-16-21(20)30,18-38-17-19-13-9-8-10-14-19)32-25(28(5,6)41(23,36)37)31-26(35)40-27(2,3)4/h8-16,22-23,33H,7,17-18H2,1-6H3,(H,31,32,35)/t22?,23?,29-/m1/s1. The van der Waals surface area contributed by atoms with Gasteiger partial charge in [0.1, 0.15) is 32.8 Å². The molecule has 10 nitrogen and oxygen atoms in total. The molecular formula is C29H37FN2O8S. The molecule has 2 aromatic rings. The van der Waals surface area contributed by atoms with Crippen molar-refractivity contribution in [3.8, 4) is 0 Å². The zero-order valence-corrected chi connectivity index (χ0v) is 24.8. The summed E-state index contributed by atoms with van der Waals surface area (Å²) in [5.74, 6) is -2.45. The molecule has 0 aromatic heterocycles. The minimum atomic E-state index is -4.67. The summed E-state index contributed by atoms with van der Waals surface area (Å²) >= 11 is 0. The highest BCUT2D eigenvalue weighted by molar-refractivity contribution is 7.94. The average molecular weight is 593 g/mol. The van der Waals surface area contributed by atoms with Crippen molar-refractivity contribution in [1.82, 2.24) is 5.32 Å². The first-order valence-electron chi connectivity index (χ1n) is 13.1. The van der Waals surface area contributed by atoms with Crippen molar-refractivity contribution < 1.29 is 41.7 Å². The van der Waals surface area contributed by atoms with Crippen molar-refractivity contribution in [2.75, 3.05) is 13.2 Å². The van der Waals surface area contributed by atoms with Crippen LogP contribution < -0.4 is 5.32 Å². The molecule has 0 saturated heterocycles. The molecule has 2 unspecified atom stereocenters. The van der Waals surface area contributed by atoms with Gasteiger partial charge in [-0.15, -0.1) is 0 Å². The van der Waals surface area contributed by atoms with Crippen molar-refractivity contribution in [3.05, 3.63) is 71.5 Å². The number of aliphatic hydroxyl groups is 1. The lowest BCUT2D eigenvalue weighted by molar-refractivity contribution is -0.154. The fraction of sp³-hybridized carbons (Fsp3) is 0.483. The first-order valence-corrected chi connectivity index (χ1v) is 14.7. The largest absolute Gasteiger partial charge is 0.464 e. The Morgan fingerprint density at radius 1 is 1.10 bits per heavy atom. The molecular weight excluding hydrogens is 555 g/mol. The number of halogens is 1. The Morgan fingerprint density at radius 2 is 1.71 bits per heavy atom. The Balaban J connectivity index is 2.30. The number of carbonyl (C=O) groups is 2. The van der Waals surface area contributed by atoms with Gasteiger partial charge in [-0.25, -0.2) is 22.4 Å². The maximum atomic E-state index is 15.6. The fourth-order valence-electron chi connectivity index (χ4n) is 4.58. The Kier molecular flexibility index (Phi) is 9.62. The summed E-state index contributed by atoms with van der Waals surface area (Å²) in [5.41, 5.74) is -2.69. The lowest BCUT2D eigenvalue weighted by Gasteiger charge is -2.47. The van der Waals surface area contributed by atoms with E-state index >= 15 is 4.39 Å². The van der Waals surface area contributed by atoms with E-state index < -0.39 is 61.6 Å². The molecule has 0 aliphatic carbocycles. The first-order chi connectivity index (χ1) is 19.1. The Bertz CT molecular complexity index is 1390. The van der Waals surface area contributed by atoms with Gasteiger partial charge in [-0.3, -0.25) is 10.3 Å². The number of hydrogen-bond acceptors (Lipinski definition) is 9. The smallest absolute Gasteiger partial charge is 0.413 e. The van der Waals surface area contributed by atoms with E-state index in [-0.39, 0.29) is 24.6 Å². The molecule has 1 aliphatic heterocycles. The van der Waals surface area contributed by atoms with E-state index in [0.29, 0.717) is 0 Å². The predicted molar refractivity (Wildman–Crippen MR) is 150 cm³/mol. The van der Waals surface area contributed by atoms with E-state index in [1.165, 1.54) is 39.0 Å². The van der Waals surface area contributed by atoms with E-state index in [9.17, 15) is 23.1 Å². The van der Waals surface area contributed by atoms with Crippen molar-refractivity contribution in [1.29, 1.82) is 0 Å². The second kappa shape index (κ2) is 12.3. The SMILES string of the molecule is CCOC(=O)C(O)C1[C@@](COCc2ccccc2)(c2ccccc2F)N=C(NC(=O)OC(C)(C)C)C(C)(C)S1(=O)=O. The van der Waals surface area contributed by atoms with Crippen LogP contribution in [-0.2, 0) is 41.0 Å². The zero-order chi connectivity index (χ0) is 30.6. The molecule has 0 radical (unpaired) electrons. The monoisotopic (exact) mass is 592 g/mol. The summed E-state index contributed by atoms with van der Waals surface area (Å²) in [5, 5.41) is 11.6. The number of aliphatic imine (C=N–C) groups is 1.